The fourth-order valence-corrected chi connectivity index (χ4v) is 2.67. The van der Waals surface area contributed by atoms with Crippen LogP contribution in [0.4, 0.5) is 11.6 Å². The molecule has 0 aliphatic carbocycles. The summed E-state index contributed by atoms with van der Waals surface area (Å²) in [4.78, 5) is 20.5. The van der Waals surface area contributed by atoms with Gasteiger partial charge in [0.25, 0.3) is 5.91 Å². The Bertz CT molecular complexity index is 838. The highest BCUT2D eigenvalue weighted by atomic mass is 79.9. The van der Waals surface area contributed by atoms with Gasteiger partial charge in [0.2, 0.25) is 5.95 Å². The van der Waals surface area contributed by atoms with Gasteiger partial charge in [-0.1, -0.05) is 52.3 Å². The van der Waals surface area contributed by atoms with Gasteiger partial charge in [0.05, 0.1) is 5.56 Å². The summed E-state index contributed by atoms with van der Waals surface area (Å²) in [7, 11) is 0. The molecule has 5 nitrogen and oxygen atoms in total. The van der Waals surface area contributed by atoms with Crippen LogP contribution in [0.25, 0.3) is 0 Å². The van der Waals surface area contributed by atoms with Crippen LogP contribution < -0.4 is 10.6 Å². The Hall–Kier alpha value is -2.73. The first-order chi connectivity index (χ1) is 12.2. The highest BCUT2D eigenvalue weighted by Gasteiger charge is 2.07. The Kier molecular flexibility index (Phi) is 5.74. The Morgan fingerprint density at radius 2 is 1.76 bits per heavy atom. The molecule has 0 saturated heterocycles. The van der Waals surface area contributed by atoms with E-state index in [1.54, 1.807) is 0 Å². The fourth-order valence-electron chi connectivity index (χ4n) is 2.27. The van der Waals surface area contributed by atoms with Gasteiger partial charge in [-0.3, -0.25) is 4.79 Å². The number of hydrogen-bond acceptors (Lipinski definition) is 4. The molecule has 0 bridgehead atoms. The minimum atomic E-state index is -0.176. The highest BCUT2D eigenvalue weighted by Crippen LogP contribution is 2.18. The Balaban J connectivity index is 1.53. The van der Waals surface area contributed by atoms with Crippen LogP contribution >= 0.6 is 15.9 Å². The van der Waals surface area contributed by atoms with E-state index in [0.29, 0.717) is 18.1 Å². The van der Waals surface area contributed by atoms with Crippen LogP contribution in [0.15, 0.2) is 71.5 Å². The van der Waals surface area contributed by atoms with Gasteiger partial charge in [0.1, 0.15) is 0 Å². The number of amides is 1. The van der Waals surface area contributed by atoms with E-state index in [2.05, 4.69) is 36.5 Å². The molecule has 1 heterocycles. The number of rotatable bonds is 6. The SMILES string of the molecule is O=C(NCCc1ccccc1)c1cnc(Nc2cccc(Br)c2)nc1. The van der Waals surface area contributed by atoms with Crippen LogP contribution in [0.3, 0.4) is 0 Å². The third kappa shape index (κ3) is 5.12. The van der Waals surface area contributed by atoms with E-state index < -0.39 is 0 Å². The zero-order valence-corrected chi connectivity index (χ0v) is 15.0. The van der Waals surface area contributed by atoms with Crippen molar-refractivity contribution in [1.29, 1.82) is 0 Å². The molecule has 0 aliphatic heterocycles. The molecule has 0 radical (unpaired) electrons. The first-order valence-corrected chi connectivity index (χ1v) is 8.67. The van der Waals surface area contributed by atoms with Gasteiger partial charge in [0, 0.05) is 29.1 Å². The molecule has 0 fully saturated rings. The van der Waals surface area contributed by atoms with Gasteiger partial charge in [-0.2, -0.15) is 0 Å². The molecular formula is C19H17BrN4O. The van der Waals surface area contributed by atoms with Crippen molar-refractivity contribution in [3.05, 3.63) is 82.6 Å². The molecule has 2 aromatic carbocycles. The molecule has 6 heteroatoms. The van der Waals surface area contributed by atoms with Crippen molar-refractivity contribution in [1.82, 2.24) is 15.3 Å². The Morgan fingerprint density at radius 1 is 1.00 bits per heavy atom. The van der Waals surface area contributed by atoms with Crippen LogP contribution in [0.2, 0.25) is 0 Å². The summed E-state index contributed by atoms with van der Waals surface area (Å²) < 4.78 is 0.965. The zero-order valence-electron chi connectivity index (χ0n) is 13.4. The van der Waals surface area contributed by atoms with E-state index >= 15 is 0 Å². The predicted molar refractivity (Wildman–Crippen MR) is 102 cm³/mol. The van der Waals surface area contributed by atoms with Gasteiger partial charge in [-0.05, 0) is 30.2 Å². The van der Waals surface area contributed by atoms with Crippen LogP contribution in [0.5, 0.6) is 0 Å². The van der Waals surface area contributed by atoms with Crippen molar-refractivity contribution in [3.63, 3.8) is 0 Å². The molecule has 0 spiro atoms. The zero-order chi connectivity index (χ0) is 17.5. The first kappa shape index (κ1) is 17.1. The lowest BCUT2D eigenvalue weighted by Gasteiger charge is -2.07. The monoisotopic (exact) mass is 396 g/mol. The van der Waals surface area contributed by atoms with Crippen LogP contribution in [0.1, 0.15) is 15.9 Å². The normalized spacial score (nSPS) is 10.3. The van der Waals surface area contributed by atoms with Crippen molar-refractivity contribution >= 4 is 33.5 Å². The number of halogens is 1. The maximum atomic E-state index is 12.1. The molecule has 126 valence electrons. The summed E-state index contributed by atoms with van der Waals surface area (Å²) in [6.07, 6.45) is 3.83. The largest absolute Gasteiger partial charge is 0.352 e. The number of aromatic nitrogens is 2. The van der Waals surface area contributed by atoms with E-state index in [1.165, 1.54) is 18.0 Å². The van der Waals surface area contributed by atoms with Gasteiger partial charge < -0.3 is 10.6 Å². The first-order valence-electron chi connectivity index (χ1n) is 7.87. The number of anilines is 2. The minimum Gasteiger partial charge on any atom is -0.352 e. The Morgan fingerprint density at radius 3 is 2.48 bits per heavy atom. The molecule has 0 saturated carbocycles. The lowest BCUT2D eigenvalue weighted by atomic mass is 10.1. The third-order valence-corrected chi connectivity index (χ3v) is 4.03. The average molecular weight is 397 g/mol. The number of nitrogens with zero attached hydrogens (tertiary/aromatic N) is 2. The lowest BCUT2D eigenvalue weighted by molar-refractivity contribution is 0.0953. The highest BCUT2D eigenvalue weighted by molar-refractivity contribution is 9.10. The van der Waals surface area contributed by atoms with Gasteiger partial charge in [0.15, 0.2) is 0 Å². The molecular weight excluding hydrogens is 380 g/mol. The predicted octanol–water partition coefficient (Wildman–Crippen LogP) is 3.96. The third-order valence-electron chi connectivity index (χ3n) is 3.54. The molecule has 1 amide bonds. The van der Waals surface area contributed by atoms with E-state index in [4.69, 9.17) is 0 Å². The maximum Gasteiger partial charge on any atom is 0.254 e. The minimum absolute atomic E-state index is 0.176. The summed E-state index contributed by atoms with van der Waals surface area (Å²) in [6, 6.07) is 17.7. The van der Waals surface area contributed by atoms with E-state index in [9.17, 15) is 4.79 Å². The van der Waals surface area contributed by atoms with Crippen molar-refractivity contribution in [3.8, 4) is 0 Å². The molecule has 2 N–H and O–H groups in total. The second-order valence-electron chi connectivity index (χ2n) is 5.42. The number of nitrogens with one attached hydrogen (secondary N) is 2. The topological polar surface area (TPSA) is 66.9 Å². The van der Waals surface area contributed by atoms with E-state index in [1.807, 2.05) is 54.6 Å². The molecule has 1 aromatic heterocycles. The number of benzene rings is 2. The molecule has 3 rings (SSSR count). The standard InChI is InChI=1S/C19H17BrN4O/c20-16-7-4-8-17(11-16)24-19-22-12-15(13-23-19)18(25)21-10-9-14-5-2-1-3-6-14/h1-8,11-13H,9-10H2,(H,21,25)(H,22,23,24). The second kappa shape index (κ2) is 8.39. The molecule has 3 aromatic rings. The number of carbonyl (C=O) groups excluding carboxylic acids is 1. The van der Waals surface area contributed by atoms with Crippen molar-refractivity contribution in [2.75, 3.05) is 11.9 Å². The summed E-state index contributed by atoms with van der Waals surface area (Å²) in [5.74, 6) is 0.267. The smallest absolute Gasteiger partial charge is 0.254 e. The van der Waals surface area contributed by atoms with Crippen molar-refractivity contribution in [2.45, 2.75) is 6.42 Å². The van der Waals surface area contributed by atoms with Crippen LogP contribution in [0, 0.1) is 0 Å². The summed E-state index contributed by atoms with van der Waals surface area (Å²) in [6.45, 7) is 0.570. The summed E-state index contributed by atoms with van der Waals surface area (Å²) in [5.41, 5.74) is 2.50. The average Bonchev–Trinajstić information content (AvgIpc) is 2.63. The van der Waals surface area contributed by atoms with Gasteiger partial charge in [-0.25, -0.2) is 9.97 Å². The van der Waals surface area contributed by atoms with Gasteiger partial charge in [-0.15, -0.1) is 0 Å². The van der Waals surface area contributed by atoms with Crippen LogP contribution in [-0.4, -0.2) is 22.4 Å². The molecule has 0 aliphatic rings. The lowest BCUT2D eigenvalue weighted by Crippen LogP contribution is -2.26. The second-order valence-corrected chi connectivity index (χ2v) is 6.34. The summed E-state index contributed by atoms with van der Waals surface area (Å²) in [5, 5.41) is 5.97. The number of carbonyl (C=O) groups is 1. The fraction of sp³-hybridized carbons (Fsp3) is 0.105. The van der Waals surface area contributed by atoms with Crippen molar-refractivity contribution in [2.24, 2.45) is 0 Å². The maximum absolute atomic E-state index is 12.1. The van der Waals surface area contributed by atoms with E-state index in [-0.39, 0.29) is 5.91 Å². The van der Waals surface area contributed by atoms with E-state index in [0.717, 1.165) is 16.6 Å². The quantitative estimate of drug-likeness (QED) is 0.661. The molecule has 0 unspecified atom stereocenters. The van der Waals surface area contributed by atoms with Crippen LogP contribution in [-0.2, 0) is 6.42 Å². The van der Waals surface area contributed by atoms with Crippen molar-refractivity contribution < 1.29 is 4.79 Å². The Labute approximate surface area is 154 Å². The van der Waals surface area contributed by atoms with Gasteiger partial charge >= 0.3 is 0 Å². The molecule has 25 heavy (non-hydrogen) atoms. The number of hydrogen-bond donors (Lipinski definition) is 2. The molecule has 0 atom stereocenters. The summed E-state index contributed by atoms with van der Waals surface area (Å²) >= 11 is 3.41.